The molecule has 0 radical (unpaired) electrons. The van der Waals surface area contributed by atoms with Gasteiger partial charge in [-0.2, -0.15) is 0 Å². The minimum absolute atomic E-state index is 1.22. The van der Waals surface area contributed by atoms with E-state index >= 15 is 0 Å². The van der Waals surface area contributed by atoms with Crippen molar-refractivity contribution in [3.8, 4) is 0 Å². The molecular formula is C26H18. The van der Waals surface area contributed by atoms with Gasteiger partial charge in [0.25, 0.3) is 0 Å². The molecule has 5 aromatic carbocycles. The predicted molar refractivity (Wildman–Crippen MR) is 115 cm³/mol. The second kappa shape index (κ2) is 6.16. The third-order valence-corrected chi connectivity index (χ3v) is 5.04. The molecule has 0 heterocycles. The third-order valence-electron chi connectivity index (χ3n) is 5.04. The van der Waals surface area contributed by atoms with Crippen LogP contribution in [0.5, 0.6) is 0 Å². The van der Waals surface area contributed by atoms with Crippen LogP contribution < -0.4 is 0 Å². The van der Waals surface area contributed by atoms with Gasteiger partial charge in [0.15, 0.2) is 0 Å². The second-order valence-electron chi connectivity index (χ2n) is 6.64. The molecule has 0 bridgehead atoms. The Kier molecular flexibility index (Phi) is 3.54. The van der Waals surface area contributed by atoms with Crippen LogP contribution in [0.25, 0.3) is 44.5 Å². The summed E-state index contributed by atoms with van der Waals surface area (Å²) < 4.78 is 0. The smallest absolute Gasteiger partial charge is 0.00208 e. The SMILES string of the molecule is C(/C=C/c1ccc2ccc3cccc4ccc1c2c34)=C\c1ccccc1. The molecular weight excluding hydrogens is 312 g/mol. The Hall–Kier alpha value is -3.38. The number of rotatable bonds is 3. The van der Waals surface area contributed by atoms with Crippen LogP contribution in [0.1, 0.15) is 11.1 Å². The van der Waals surface area contributed by atoms with Crippen LogP contribution in [0.15, 0.2) is 97.1 Å². The van der Waals surface area contributed by atoms with Crippen LogP contribution in [-0.4, -0.2) is 0 Å². The lowest BCUT2D eigenvalue weighted by molar-refractivity contribution is 1.66. The molecule has 0 aliphatic rings. The average Bonchev–Trinajstić information content (AvgIpc) is 2.71. The minimum atomic E-state index is 1.22. The van der Waals surface area contributed by atoms with Crippen molar-refractivity contribution in [2.24, 2.45) is 0 Å². The highest BCUT2D eigenvalue weighted by atomic mass is 14.1. The van der Waals surface area contributed by atoms with Crippen LogP contribution in [0.2, 0.25) is 0 Å². The fourth-order valence-corrected chi connectivity index (χ4v) is 3.79. The number of benzene rings is 5. The van der Waals surface area contributed by atoms with E-state index in [2.05, 4.69) is 103 Å². The number of hydrogen-bond donors (Lipinski definition) is 0. The zero-order valence-corrected chi connectivity index (χ0v) is 14.4. The van der Waals surface area contributed by atoms with E-state index in [0.29, 0.717) is 0 Å². The molecule has 0 nitrogen and oxygen atoms in total. The molecule has 5 rings (SSSR count). The molecule has 0 fully saturated rings. The van der Waals surface area contributed by atoms with Crippen molar-refractivity contribution in [1.29, 1.82) is 0 Å². The molecule has 0 aromatic heterocycles. The van der Waals surface area contributed by atoms with Gasteiger partial charge in [-0.05, 0) is 43.4 Å². The molecule has 0 saturated heterocycles. The molecule has 0 amide bonds. The molecule has 0 N–H and O–H groups in total. The Balaban J connectivity index is 1.62. The van der Waals surface area contributed by atoms with Crippen LogP contribution in [0, 0.1) is 0 Å². The van der Waals surface area contributed by atoms with Gasteiger partial charge < -0.3 is 0 Å². The van der Waals surface area contributed by atoms with Gasteiger partial charge >= 0.3 is 0 Å². The first kappa shape index (κ1) is 14.9. The Morgan fingerprint density at radius 1 is 0.462 bits per heavy atom. The van der Waals surface area contributed by atoms with Gasteiger partial charge in [0.2, 0.25) is 0 Å². The highest BCUT2D eigenvalue weighted by Crippen LogP contribution is 2.36. The van der Waals surface area contributed by atoms with Gasteiger partial charge in [0.05, 0.1) is 0 Å². The maximum absolute atomic E-state index is 2.25. The molecule has 0 aliphatic heterocycles. The first-order valence-electron chi connectivity index (χ1n) is 8.96. The molecule has 122 valence electrons. The fourth-order valence-electron chi connectivity index (χ4n) is 3.79. The van der Waals surface area contributed by atoms with Crippen molar-refractivity contribution in [3.63, 3.8) is 0 Å². The minimum Gasteiger partial charge on any atom is -0.0622 e. The molecule has 0 unspecified atom stereocenters. The zero-order chi connectivity index (χ0) is 17.3. The van der Waals surface area contributed by atoms with E-state index in [0.717, 1.165) is 0 Å². The summed E-state index contributed by atoms with van der Waals surface area (Å²) in [7, 11) is 0. The van der Waals surface area contributed by atoms with E-state index in [1.807, 2.05) is 6.07 Å². The van der Waals surface area contributed by atoms with Crippen LogP contribution in [0.3, 0.4) is 0 Å². The van der Waals surface area contributed by atoms with E-state index in [-0.39, 0.29) is 0 Å². The highest BCUT2D eigenvalue weighted by Gasteiger charge is 2.09. The van der Waals surface area contributed by atoms with Gasteiger partial charge in [-0.25, -0.2) is 0 Å². The van der Waals surface area contributed by atoms with Gasteiger partial charge in [-0.15, -0.1) is 0 Å². The normalized spacial score (nSPS) is 12.3. The Morgan fingerprint density at radius 3 is 1.92 bits per heavy atom. The third kappa shape index (κ3) is 2.48. The molecule has 0 spiro atoms. The van der Waals surface area contributed by atoms with Crippen LogP contribution in [-0.2, 0) is 0 Å². The summed E-state index contributed by atoms with van der Waals surface area (Å²) in [5.74, 6) is 0. The predicted octanol–water partition coefficient (Wildman–Crippen LogP) is 7.31. The van der Waals surface area contributed by atoms with Crippen LogP contribution in [0.4, 0.5) is 0 Å². The summed E-state index contributed by atoms with van der Waals surface area (Å²) in [4.78, 5) is 0. The van der Waals surface area contributed by atoms with Crippen LogP contribution >= 0.6 is 0 Å². The lowest BCUT2D eigenvalue weighted by Gasteiger charge is -2.12. The molecule has 0 heteroatoms. The average molecular weight is 330 g/mol. The van der Waals surface area contributed by atoms with E-state index in [9.17, 15) is 0 Å². The van der Waals surface area contributed by atoms with E-state index < -0.39 is 0 Å². The summed E-state index contributed by atoms with van der Waals surface area (Å²) in [5.41, 5.74) is 2.47. The fraction of sp³-hybridized carbons (Fsp3) is 0. The van der Waals surface area contributed by atoms with Gasteiger partial charge in [-0.3, -0.25) is 0 Å². The zero-order valence-electron chi connectivity index (χ0n) is 14.4. The molecule has 5 aromatic rings. The highest BCUT2D eigenvalue weighted by molar-refractivity contribution is 6.24. The summed E-state index contributed by atoms with van der Waals surface area (Å²) in [6.07, 6.45) is 8.56. The maximum atomic E-state index is 2.25. The second-order valence-corrected chi connectivity index (χ2v) is 6.64. The Bertz CT molecular complexity index is 1240. The summed E-state index contributed by atoms with van der Waals surface area (Å²) in [6.45, 7) is 0. The van der Waals surface area contributed by atoms with Gasteiger partial charge in [0.1, 0.15) is 0 Å². The molecule has 0 saturated carbocycles. The quantitative estimate of drug-likeness (QED) is 0.240. The lowest BCUT2D eigenvalue weighted by Crippen LogP contribution is -1.85. The maximum Gasteiger partial charge on any atom is -0.00208 e. The monoisotopic (exact) mass is 330 g/mol. The summed E-state index contributed by atoms with van der Waals surface area (Å²) >= 11 is 0. The Morgan fingerprint density at radius 2 is 1.12 bits per heavy atom. The first-order chi connectivity index (χ1) is 12.9. The van der Waals surface area contributed by atoms with Crippen molar-refractivity contribution in [3.05, 3.63) is 108 Å². The van der Waals surface area contributed by atoms with Gasteiger partial charge in [-0.1, -0.05) is 109 Å². The van der Waals surface area contributed by atoms with E-state index in [1.165, 1.54) is 43.4 Å². The summed E-state index contributed by atoms with van der Waals surface area (Å²) in [5, 5.41) is 7.99. The van der Waals surface area contributed by atoms with E-state index in [1.54, 1.807) is 0 Å². The standard InChI is InChI=1S/C26H18/c1-2-7-19(8-3-1)9-4-5-10-20-13-14-23-16-15-21-11-6-12-22-17-18-24(20)26(23)25(21)22/h1-18H/b9-4+,10-5+. The van der Waals surface area contributed by atoms with Crippen molar-refractivity contribution in [2.45, 2.75) is 0 Å². The molecule has 26 heavy (non-hydrogen) atoms. The first-order valence-corrected chi connectivity index (χ1v) is 8.96. The lowest BCUT2D eigenvalue weighted by atomic mass is 9.92. The van der Waals surface area contributed by atoms with Crippen molar-refractivity contribution in [2.75, 3.05) is 0 Å². The van der Waals surface area contributed by atoms with Gasteiger partial charge in [0, 0.05) is 0 Å². The number of hydrogen-bond acceptors (Lipinski definition) is 0. The number of allylic oxidation sites excluding steroid dienone is 2. The van der Waals surface area contributed by atoms with Crippen molar-refractivity contribution >= 4 is 44.5 Å². The molecule has 0 atom stereocenters. The molecule has 0 aliphatic carbocycles. The topological polar surface area (TPSA) is 0 Å². The van der Waals surface area contributed by atoms with Crippen molar-refractivity contribution < 1.29 is 0 Å². The largest absolute Gasteiger partial charge is 0.0622 e. The summed E-state index contributed by atoms with van der Waals surface area (Å²) in [6, 6.07) is 30.3. The van der Waals surface area contributed by atoms with E-state index in [4.69, 9.17) is 0 Å². The van der Waals surface area contributed by atoms with Crippen molar-refractivity contribution in [1.82, 2.24) is 0 Å². The Labute approximate surface area is 153 Å².